The van der Waals surface area contributed by atoms with Gasteiger partial charge in [0.15, 0.2) is 11.5 Å². The van der Waals surface area contributed by atoms with Gasteiger partial charge in [0.2, 0.25) is 11.8 Å². The summed E-state index contributed by atoms with van der Waals surface area (Å²) in [5.74, 6) is 1.49. The van der Waals surface area contributed by atoms with Crippen molar-refractivity contribution in [3.05, 3.63) is 24.4 Å². The molecule has 0 saturated carbocycles. The molecule has 0 fully saturated rings. The fraction of sp³-hybridized carbons (Fsp3) is 0.375. The molecule has 0 saturated heterocycles. The van der Waals surface area contributed by atoms with Crippen LogP contribution in [-0.4, -0.2) is 25.3 Å². The average Bonchev–Trinajstić information content (AvgIpc) is 3.00. The summed E-state index contributed by atoms with van der Waals surface area (Å²) < 4.78 is 15.6. The number of nitrogens with zero attached hydrogens (tertiary/aromatic N) is 1. The third-order valence-electron chi connectivity index (χ3n) is 3.28. The maximum atomic E-state index is 11.8. The highest BCUT2D eigenvalue weighted by atomic mass is 16.5. The van der Waals surface area contributed by atoms with Gasteiger partial charge in [0.05, 0.1) is 26.0 Å². The van der Waals surface area contributed by atoms with Gasteiger partial charge >= 0.3 is 0 Å². The molecule has 1 heterocycles. The second kappa shape index (κ2) is 7.49. The molecule has 0 unspecified atom stereocenters. The van der Waals surface area contributed by atoms with Crippen molar-refractivity contribution in [2.24, 2.45) is 0 Å². The number of carbonyl (C=O) groups is 1. The van der Waals surface area contributed by atoms with Gasteiger partial charge in [-0.05, 0) is 24.1 Å². The molecule has 2 aromatic rings. The van der Waals surface area contributed by atoms with Crippen LogP contribution >= 0.6 is 0 Å². The first-order chi connectivity index (χ1) is 10.7. The third-order valence-corrected chi connectivity index (χ3v) is 3.28. The summed E-state index contributed by atoms with van der Waals surface area (Å²) in [7, 11) is 3.15. The highest BCUT2D eigenvalue weighted by molar-refractivity contribution is 5.93. The van der Waals surface area contributed by atoms with Gasteiger partial charge in [-0.1, -0.05) is 24.6 Å². The number of anilines is 1. The van der Waals surface area contributed by atoms with Crippen LogP contribution in [0.4, 0.5) is 5.88 Å². The fourth-order valence-electron chi connectivity index (χ4n) is 2.07. The molecule has 118 valence electrons. The summed E-state index contributed by atoms with van der Waals surface area (Å²) >= 11 is 0. The van der Waals surface area contributed by atoms with E-state index in [0.717, 1.165) is 18.4 Å². The highest BCUT2D eigenvalue weighted by Gasteiger charge is 2.15. The Morgan fingerprint density at radius 2 is 2.05 bits per heavy atom. The maximum Gasteiger partial charge on any atom is 0.239 e. The Bertz CT molecular complexity index is 637. The number of hydrogen-bond acceptors (Lipinski definition) is 5. The largest absolute Gasteiger partial charge is 0.493 e. The van der Waals surface area contributed by atoms with Crippen LogP contribution in [0.5, 0.6) is 11.5 Å². The van der Waals surface area contributed by atoms with E-state index in [1.807, 2.05) is 19.1 Å². The second-order valence-corrected chi connectivity index (χ2v) is 4.79. The molecule has 0 aliphatic rings. The zero-order valence-electron chi connectivity index (χ0n) is 13.0. The van der Waals surface area contributed by atoms with E-state index in [1.54, 1.807) is 26.5 Å². The zero-order valence-corrected chi connectivity index (χ0v) is 13.0. The summed E-state index contributed by atoms with van der Waals surface area (Å²) in [6.45, 7) is 2.04. The van der Waals surface area contributed by atoms with Gasteiger partial charge in [-0.2, -0.15) is 0 Å². The number of unbranched alkanes of at least 4 members (excludes halogenated alkanes) is 1. The molecule has 0 radical (unpaired) electrons. The third kappa shape index (κ3) is 3.58. The summed E-state index contributed by atoms with van der Waals surface area (Å²) in [5.41, 5.74) is 1.52. The first-order valence-electron chi connectivity index (χ1n) is 7.16. The van der Waals surface area contributed by atoms with Crippen LogP contribution in [0, 0.1) is 0 Å². The lowest BCUT2D eigenvalue weighted by molar-refractivity contribution is -0.116. The standard InChI is InChI=1S/C16H20N2O4/c1-4-5-6-15(19)18-16-12(10-17-22-16)11-7-8-13(20-2)14(9-11)21-3/h7-10H,4-6H2,1-3H3,(H,18,19). The number of rotatable bonds is 7. The maximum absolute atomic E-state index is 11.8. The van der Waals surface area contributed by atoms with Gasteiger partial charge in [0.1, 0.15) is 0 Å². The van der Waals surface area contributed by atoms with E-state index in [1.165, 1.54) is 0 Å². The molecule has 6 heteroatoms. The summed E-state index contributed by atoms with van der Waals surface area (Å²) in [6.07, 6.45) is 3.83. The molecule has 0 bridgehead atoms. The molecular formula is C16H20N2O4. The molecule has 1 N–H and O–H groups in total. The second-order valence-electron chi connectivity index (χ2n) is 4.79. The molecule has 1 aromatic heterocycles. The number of nitrogens with one attached hydrogen (secondary N) is 1. The zero-order chi connectivity index (χ0) is 15.9. The smallest absolute Gasteiger partial charge is 0.239 e. The summed E-state index contributed by atoms with van der Waals surface area (Å²) in [4.78, 5) is 11.8. The fourth-order valence-corrected chi connectivity index (χ4v) is 2.07. The Kier molecular flexibility index (Phi) is 5.41. The molecule has 6 nitrogen and oxygen atoms in total. The van der Waals surface area contributed by atoms with Crippen LogP contribution in [0.2, 0.25) is 0 Å². The van der Waals surface area contributed by atoms with Gasteiger partial charge in [0, 0.05) is 6.42 Å². The number of methoxy groups -OCH3 is 2. The number of carbonyl (C=O) groups excluding carboxylic acids is 1. The van der Waals surface area contributed by atoms with Crippen molar-refractivity contribution in [2.45, 2.75) is 26.2 Å². The minimum absolute atomic E-state index is 0.0830. The van der Waals surface area contributed by atoms with Crippen molar-refractivity contribution in [2.75, 3.05) is 19.5 Å². The van der Waals surface area contributed by atoms with Gasteiger partial charge in [-0.25, -0.2) is 0 Å². The Morgan fingerprint density at radius 3 is 2.73 bits per heavy atom. The van der Waals surface area contributed by atoms with Crippen molar-refractivity contribution in [1.29, 1.82) is 0 Å². The van der Waals surface area contributed by atoms with E-state index in [2.05, 4.69) is 10.5 Å². The number of amides is 1. The van der Waals surface area contributed by atoms with Crippen LogP contribution in [0.15, 0.2) is 28.9 Å². The van der Waals surface area contributed by atoms with Crippen molar-refractivity contribution in [1.82, 2.24) is 5.16 Å². The summed E-state index contributed by atoms with van der Waals surface area (Å²) in [5, 5.41) is 6.52. The van der Waals surface area contributed by atoms with Gasteiger partial charge < -0.3 is 14.0 Å². The monoisotopic (exact) mass is 304 g/mol. The van der Waals surface area contributed by atoms with Crippen molar-refractivity contribution >= 4 is 11.8 Å². The molecule has 22 heavy (non-hydrogen) atoms. The Hall–Kier alpha value is -2.50. The predicted molar refractivity (Wildman–Crippen MR) is 83.2 cm³/mol. The van der Waals surface area contributed by atoms with E-state index in [9.17, 15) is 4.79 Å². The number of benzene rings is 1. The van der Waals surface area contributed by atoms with E-state index >= 15 is 0 Å². The van der Waals surface area contributed by atoms with E-state index in [0.29, 0.717) is 29.4 Å². The lowest BCUT2D eigenvalue weighted by atomic mass is 10.1. The molecule has 0 atom stereocenters. The molecule has 0 aliphatic carbocycles. The first kappa shape index (κ1) is 15.9. The van der Waals surface area contributed by atoms with Crippen LogP contribution < -0.4 is 14.8 Å². The highest BCUT2D eigenvalue weighted by Crippen LogP contribution is 2.35. The molecule has 0 aliphatic heterocycles. The first-order valence-corrected chi connectivity index (χ1v) is 7.16. The van der Waals surface area contributed by atoms with Crippen LogP contribution in [-0.2, 0) is 4.79 Å². The van der Waals surface area contributed by atoms with E-state index < -0.39 is 0 Å². The quantitative estimate of drug-likeness (QED) is 0.847. The Labute approximate surface area is 129 Å². The average molecular weight is 304 g/mol. The molecule has 0 spiro atoms. The summed E-state index contributed by atoms with van der Waals surface area (Å²) in [6, 6.07) is 5.46. The SMILES string of the molecule is CCCCC(=O)Nc1oncc1-c1ccc(OC)c(OC)c1. The predicted octanol–water partition coefficient (Wildman–Crippen LogP) is 3.49. The normalized spacial score (nSPS) is 10.3. The minimum atomic E-state index is -0.0830. The van der Waals surface area contributed by atoms with Gasteiger partial charge in [-0.15, -0.1) is 0 Å². The molecule has 2 rings (SSSR count). The number of aromatic nitrogens is 1. The van der Waals surface area contributed by atoms with Crippen molar-refractivity contribution < 1.29 is 18.8 Å². The topological polar surface area (TPSA) is 73.6 Å². The van der Waals surface area contributed by atoms with Crippen molar-refractivity contribution in [3.63, 3.8) is 0 Å². The Morgan fingerprint density at radius 1 is 1.27 bits per heavy atom. The molecule has 1 amide bonds. The van der Waals surface area contributed by atoms with Gasteiger partial charge in [-0.3, -0.25) is 10.1 Å². The Balaban J connectivity index is 2.23. The van der Waals surface area contributed by atoms with E-state index in [-0.39, 0.29) is 5.91 Å². The number of ether oxygens (including phenoxy) is 2. The molecular weight excluding hydrogens is 284 g/mol. The van der Waals surface area contributed by atoms with Crippen LogP contribution in [0.3, 0.4) is 0 Å². The molecule has 1 aromatic carbocycles. The van der Waals surface area contributed by atoms with Gasteiger partial charge in [0.25, 0.3) is 0 Å². The lowest BCUT2D eigenvalue weighted by Crippen LogP contribution is -2.10. The minimum Gasteiger partial charge on any atom is -0.493 e. The van der Waals surface area contributed by atoms with Crippen LogP contribution in [0.1, 0.15) is 26.2 Å². The van der Waals surface area contributed by atoms with E-state index in [4.69, 9.17) is 14.0 Å². The van der Waals surface area contributed by atoms with Crippen molar-refractivity contribution in [3.8, 4) is 22.6 Å². The lowest BCUT2D eigenvalue weighted by Gasteiger charge is -2.09. The van der Waals surface area contributed by atoms with Crippen LogP contribution in [0.25, 0.3) is 11.1 Å². The number of hydrogen-bond donors (Lipinski definition) is 1.